The molecule has 114 valence electrons. The molecular weight excluding hydrogens is 281 g/mol. The summed E-state index contributed by atoms with van der Waals surface area (Å²) in [7, 11) is 5.80. The maximum atomic E-state index is 12.4. The highest BCUT2D eigenvalue weighted by Crippen LogP contribution is 2.23. The van der Waals surface area contributed by atoms with Crippen LogP contribution in [0.3, 0.4) is 0 Å². The number of carboxylic acid groups (broad SMARTS) is 1. The second-order valence-corrected chi connectivity index (χ2v) is 5.79. The van der Waals surface area contributed by atoms with Crippen molar-refractivity contribution >= 4 is 31.1 Å². The molecule has 1 saturated heterocycles. The molecule has 0 spiro atoms. The van der Waals surface area contributed by atoms with Crippen molar-refractivity contribution in [1.29, 1.82) is 0 Å². The van der Waals surface area contributed by atoms with E-state index in [-0.39, 0.29) is 12.1 Å². The number of anilines is 1. The molecule has 3 amide bonds. The Bertz CT molecular complexity index is 600. The highest BCUT2D eigenvalue weighted by molar-refractivity contribution is 6.32. The molecule has 0 unspecified atom stereocenters. The van der Waals surface area contributed by atoms with Gasteiger partial charge in [0.05, 0.1) is 0 Å². The normalized spacial score (nSPS) is 19.4. The minimum atomic E-state index is -0.887. The van der Waals surface area contributed by atoms with Crippen LogP contribution in [0.15, 0.2) is 18.2 Å². The van der Waals surface area contributed by atoms with Gasteiger partial charge in [0.1, 0.15) is 7.85 Å². The zero-order chi connectivity index (χ0) is 15.7. The van der Waals surface area contributed by atoms with E-state index in [0.717, 1.165) is 17.7 Å². The summed E-state index contributed by atoms with van der Waals surface area (Å²) in [5, 5.41) is 11.9. The number of rotatable bonds is 1. The van der Waals surface area contributed by atoms with Crippen LogP contribution in [0.25, 0.3) is 0 Å². The van der Waals surface area contributed by atoms with E-state index in [1.165, 1.54) is 4.90 Å². The third kappa shape index (κ3) is 2.88. The van der Waals surface area contributed by atoms with Crippen molar-refractivity contribution in [2.24, 2.45) is 0 Å². The lowest BCUT2D eigenvalue weighted by atomic mass is 9.92. The Morgan fingerprint density at radius 2 is 2.00 bits per heavy atom. The molecule has 0 aromatic heterocycles. The monoisotopic (exact) mass is 299 g/mol. The lowest BCUT2D eigenvalue weighted by Crippen LogP contribution is -2.49. The molecule has 0 aliphatic carbocycles. The topological polar surface area (TPSA) is 72.9 Å². The Balaban J connectivity index is 1.70. The largest absolute Gasteiger partial charge is 0.465 e. The number of carbonyl (C=O) groups is 2. The Morgan fingerprint density at radius 1 is 1.27 bits per heavy atom. The lowest BCUT2D eigenvalue weighted by Gasteiger charge is -2.36. The first kappa shape index (κ1) is 14.7. The van der Waals surface area contributed by atoms with Gasteiger partial charge in [0.15, 0.2) is 0 Å². The molecule has 1 aromatic carbocycles. The number of carbonyl (C=O) groups excluding carboxylic acids is 1. The number of nitrogens with one attached hydrogen (secondary N) is 1. The number of fused-ring (bicyclic) bond motifs is 1. The Labute approximate surface area is 130 Å². The SMILES string of the molecule is [B]c1ccc2c(c1)CCN(C1CCN(C(=O)O)CC1)C(=O)N2. The summed E-state index contributed by atoms with van der Waals surface area (Å²) in [5.41, 5.74) is 2.54. The third-order valence-corrected chi connectivity index (χ3v) is 4.43. The van der Waals surface area contributed by atoms with Gasteiger partial charge in [-0.3, -0.25) is 0 Å². The molecule has 2 heterocycles. The first-order valence-corrected chi connectivity index (χ1v) is 7.48. The van der Waals surface area contributed by atoms with E-state index in [2.05, 4.69) is 5.32 Å². The van der Waals surface area contributed by atoms with Crippen molar-refractivity contribution in [1.82, 2.24) is 9.80 Å². The van der Waals surface area contributed by atoms with Crippen LogP contribution in [0, 0.1) is 0 Å². The van der Waals surface area contributed by atoms with Crippen LogP contribution in [0.2, 0.25) is 0 Å². The molecule has 1 fully saturated rings. The molecule has 0 saturated carbocycles. The molecule has 2 N–H and O–H groups in total. The fourth-order valence-electron chi connectivity index (χ4n) is 3.19. The number of likely N-dealkylation sites (tertiary alicyclic amines) is 1. The molecule has 1 aromatic rings. The van der Waals surface area contributed by atoms with E-state index in [4.69, 9.17) is 13.0 Å². The second-order valence-electron chi connectivity index (χ2n) is 5.79. The van der Waals surface area contributed by atoms with E-state index in [9.17, 15) is 9.59 Å². The number of hydrogen-bond donors (Lipinski definition) is 2. The van der Waals surface area contributed by atoms with Crippen LogP contribution >= 0.6 is 0 Å². The fourth-order valence-corrected chi connectivity index (χ4v) is 3.19. The highest BCUT2D eigenvalue weighted by Gasteiger charge is 2.31. The van der Waals surface area contributed by atoms with Gasteiger partial charge in [-0.25, -0.2) is 9.59 Å². The second kappa shape index (κ2) is 5.91. The summed E-state index contributed by atoms with van der Waals surface area (Å²) < 4.78 is 0. The Morgan fingerprint density at radius 3 is 2.68 bits per heavy atom. The maximum Gasteiger partial charge on any atom is 0.407 e. The van der Waals surface area contributed by atoms with E-state index in [1.807, 2.05) is 17.0 Å². The van der Waals surface area contributed by atoms with Gasteiger partial charge < -0.3 is 20.2 Å². The Kier molecular flexibility index (Phi) is 3.96. The number of amides is 3. The predicted octanol–water partition coefficient (Wildman–Crippen LogP) is 1.01. The summed E-state index contributed by atoms with van der Waals surface area (Å²) in [6.45, 7) is 1.58. The molecule has 2 aliphatic rings. The summed E-state index contributed by atoms with van der Waals surface area (Å²) in [4.78, 5) is 26.6. The van der Waals surface area contributed by atoms with Gasteiger partial charge in [0.2, 0.25) is 0 Å². The Hall–Kier alpha value is -2.18. The van der Waals surface area contributed by atoms with E-state index < -0.39 is 6.09 Å². The minimum absolute atomic E-state index is 0.0854. The predicted molar refractivity (Wildman–Crippen MR) is 83.9 cm³/mol. The average molecular weight is 299 g/mol. The smallest absolute Gasteiger partial charge is 0.407 e. The molecule has 7 heteroatoms. The molecule has 2 aliphatic heterocycles. The maximum absolute atomic E-state index is 12.4. The molecule has 22 heavy (non-hydrogen) atoms. The first-order valence-electron chi connectivity index (χ1n) is 7.48. The molecule has 0 atom stereocenters. The van der Waals surface area contributed by atoms with Crippen molar-refractivity contribution in [3.05, 3.63) is 23.8 Å². The van der Waals surface area contributed by atoms with E-state index in [0.29, 0.717) is 37.9 Å². The van der Waals surface area contributed by atoms with Crippen LogP contribution in [0.1, 0.15) is 18.4 Å². The van der Waals surface area contributed by atoms with Gasteiger partial charge in [-0.2, -0.15) is 0 Å². The van der Waals surface area contributed by atoms with Crippen molar-refractivity contribution in [2.75, 3.05) is 25.0 Å². The summed E-state index contributed by atoms with van der Waals surface area (Å²) in [6.07, 6.45) is 1.22. The molecule has 0 bridgehead atoms. The van der Waals surface area contributed by atoms with Gasteiger partial charge in [-0.05, 0) is 30.9 Å². The van der Waals surface area contributed by atoms with Crippen molar-refractivity contribution in [2.45, 2.75) is 25.3 Å². The summed E-state index contributed by atoms with van der Waals surface area (Å²) >= 11 is 0. The molecular formula is C15H18BN3O3. The van der Waals surface area contributed by atoms with E-state index >= 15 is 0 Å². The zero-order valence-electron chi connectivity index (χ0n) is 12.3. The van der Waals surface area contributed by atoms with Crippen LogP contribution in [-0.2, 0) is 6.42 Å². The number of hydrogen-bond acceptors (Lipinski definition) is 2. The van der Waals surface area contributed by atoms with Gasteiger partial charge in [0.25, 0.3) is 0 Å². The molecule has 3 rings (SSSR count). The number of nitrogens with zero attached hydrogens (tertiary/aromatic N) is 2. The lowest BCUT2D eigenvalue weighted by molar-refractivity contribution is 0.108. The van der Waals surface area contributed by atoms with Crippen molar-refractivity contribution < 1.29 is 14.7 Å². The molecule has 6 nitrogen and oxygen atoms in total. The molecule has 2 radical (unpaired) electrons. The van der Waals surface area contributed by atoms with Crippen molar-refractivity contribution in [3.63, 3.8) is 0 Å². The number of urea groups is 1. The standard InChI is InChI=1S/C15H18BN3O3/c16-11-1-2-13-10(9-11)3-8-19(14(20)17-13)12-4-6-18(7-5-12)15(21)22/h1-2,9,12H,3-8H2,(H,17,20)(H,21,22). The summed E-state index contributed by atoms with van der Waals surface area (Å²) in [6, 6.07) is 5.48. The summed E-state index contributed by atoms with van der Waals surface area (Å²) in [5.74, 6) is 0. The van der Waals surface area contributed by atoms with Crippen LogP contribution < -0.4 is 10.8 Å². The average Bonchev–Trinajstić information content (AvgIpc) is 2.65. The van der Waals surface area contributed by atoms with Gasteiger partial charge in [0, 0.05) is 31.4 Å². The number of benzene rings is 1. The highest BCUT2D eigenvalue weighted by atomic mass is 16.4. The third-order valence-electron chi connectivity index (χ3n) is 4.43. The zero-order valence-corrected chi connectivity index (χ0v) is 12.3. The van der Waals surface area contributed by atoms with E-state index in [1.54, 1.807) is 6.07 Å². The van der Waals surface area contributed by atoms with Crippen LogP contribution in [-0.4, -0.2) is 60.6 Å². The number of piperidine rings is 1. The first-order chi connectivity index (χ1) is 10.5. The minimum Gasteiger partial charge on any atom is -0.465 e. The van der Waals surface area contributed by atoms with Crippen LogP contribution in [0.4, 0.5) is 15.3 Å². The quantitative estimate of drug-likeness (QED) is 0.760. The van der Waals surface area contributed by atoms with Gasteiger partial charge >= 0.3 is 12.1 Å². The fraction of sp³-hybridized carbons (Fsp3) is 0.467. The van der Waals surface area contributed by atoms with Gasteiger partial charge in [-0.15, -0.1) is 0 Å². The van der Waals surface area contributed by atoms with Crippen molar-refractivity contribution in [3.8, 4) is 0 Å². The van der Waals surface area contributed by atoms with Crippen LogP contribution in [0.5, 0.6) is 0 Å². The van der Waals surface area contributed by atoms with Gasteiger partial charge in [-0.1, -0.05) is 17.6 Å².